The Bertz CT molecular complexity index is 162. The van der Waals surface area contributed by atoms with E-state index >= 15 is 0 Å². The lowest BCUT2D eigenvalue weighted by Crippen LogP contribution is -2.26. The van der Waals surface area contributed by atoms with Gasteiger partial charge in [-0.05, 0) is 48.5 Å². The first-order chi connectivity index (χ1) is 7.56. The van der Waals surface area contributed by atoms with E-state index in [1.165, 1.54) is 6.92 Å². The summed E-state index contributed by atoms with van der Waals surface area (Å²) < 4.78 is 15.2. The second-order valence-corrected chi connectivity index (χ2v) is 4.83. The molecule has 0 saturated heterocycles. The molecular weight excluding hydrogens is 222 g/mol. The van der Waals surface area contributed by atoms with Gasteiger partial charge in [-0.2, -0.15) is 0 Å². The molecule has 0 amide bonds. The van der Waals surface area contributed by atoms with Gasteiger partial charge in [0.15, 0.2) is 18.9 Å². The Morgan fingerprint density at radius 1 is 1.06 bits per heavy atom. The fraction of sp³-hybridized carbons (Fsp3) is 1.00. The maximum absolute atomic E-state index is 8.82. The summed E-state index contributed by atoms with van der Waals surface area (Å²) in [4.78, 5) is 0. The van der Waals surface area contributed by atoms with Crippen molar-refractivity contribution in [1.82, 2.24) is 0 Å². The maximum Gasteiger partial charge on any atom is 0.161 e. The molecule has 106 valence electrons. The molecular formula is C12H29NO4. The van der Waals surface area contributed by atoms with Gasteiger partial charge in [0, 0.05) is 12.1 Å². The van der Waals surface area contributed by atoms with Crippen molar-refractivity contribution >= 4 is 0 Å². The Kier molecular flexibility index (Phi) is 11.0. The molecule has 3 atom stereocenters. The minimum absolute atomic E-state index is 0. The van der Waals surface area contributed by atoms with E-state index in [9.17, 15) is 0 Å². The standard InChI is InChI=1S/C8H18O4.C4H11N/c1-5-10-7(3)12-8(4)11-6(2)9;1-4(2,3)5/h6-9H,5H2,1-4H3;5H2,1-3H3. The highest BCUT2D eigenvalue weighted by atomic mass is 16.8. The van der Waals surface area contributed by atoms with Gasteiger partial charge in [-0.15, -0.1) is 0 Å². The van der Waals surface area contributed by atoms with Crippen molar-refractivity contribution in [2.45, 2.75) is 72.9 Å². The van der Waals surface area contributed by atoms with Crippen LogP contribution >= 0.6 is 0 Å². The predicted molar refractivity (Wildman–Crippen MR) is 68.3 cm³/mol. The highest BCUT2D eigenvalue weighted by molar-refractivity contribution is 4.60. The Hall–Kier alpha value is -0.200. The average molecular weight is 251 g/mol. The van der Waals surface area contributed by atoms with Crippen LogP contribution in [0.3, 0.4) is 0 Å². The lowest BCUT2D eigenvalue weighted by Gasteiger charge is -2.20. The fourth-order valence-corrected chi connectivity index (χ4v) is 0.853. The first kappa shape index (κ1) is 19.1. The largest absolute Gasteiger partial charge is 0.368 e. The average Bonchev–Trinajstić information content (AvgIpc) is 1.97. The molecule has 0 spiro atoms. The maximum atomic E-state index is 8.82. The molecule has 0 aliphatic rings. The summed E-state index contributed by atoms with van der Waals surface area (Å²) in [7, 11) is 0. The molecule has 0 aromatic carbocycles. The second kappa shape index (κ2) is 9.79. The van der Waals surface area contributed by atoms with E-state index in [1.807, 2.05) is 27.7 Å². The van der Waals surface area contributed by atoms with Crippen LogP contribution in [0.25, 0.3) is 0 Å². The molecule has 3 unspecified atom stereocenters. The van der Waals surface area contributed by atoms with Gasteiger partial charge in [-0.25, -0.2) is 0 Å². The third-order valence-electron chi connectivity index (χ3n) is 1.17. The van der Waals surface area contributed by atoms with Crippen LogP contribution in [0.4, 0.5) is 0 Å². The number of hydrogen-bond acceptors (Lipinski definition) is 5. The summed E-state index contributed by atoms with van der Waals surface area (Å²) in [6.07, 6.45) is -1.57. The zero-order valence-corrected chi connectivity index (χ0v) is 12.2. The number of ether oxygens (including phenoxy) is 3. The number of aliphatic hydroxyl groups is 1. The second-order valence-electron chi connectivity index (χ2n) is 4.83. The SMILES string of the molecule is CC(C)(C)N.CCOC(C)OC(C)OC(C)O. The highest BCUT2D eigenvalue weighted by Crippen LogP contribution is 2.02. The molecule has 5 heteroatoms. The molecule has 0 radical (unpaired) electrons. The Labute approximate surface area is 105 Å². The summed E-state index contributed by atoms with van der Waals surface area (Å²) in [6, 6.07) is 0. The molecule has 0 heterocycles. The number of aliphatic hydroxyl groups excluding tert-OH is 1. The van der Waals surface area contributed by atoms with Crippen LogP contribution in [0.2, 0.25) is 0 Å². The predicted octanol–water partition coefficient (Wildman–Crippen LogP) is 1.83. The van der Waals surface area contributed by atoms with E-state index in [1.54, 1.807) is 13.8 Å². The zero-order chi connectivity index (χ0) is 14.1. The van der Waals surface area contributed by atoms with Crippen molar-refractivity contribution in [3.63, 3.8) is 0 Å². The van der Waals surface area contributed by atoms with Crippen LogP contribution in [0.1, 0.15) is 48.5 Å². The van der Waals surface area contributed by atoms with Crippen molar-refractivity contribution < 1.29 is 19.3 Å². The Balaban J connectivity index is 0. The minimum Gasteiger partial charge on any atom is -0.368 e. The van der Waals surface area contributed by atoms with Gasteiger partial charge < -0.3 is 25.1 Å². The van der Waals surface area contributed by atoms with Crippen LogP contribution in [0.15, 0.2) is 0 Å². The summed E-state index contributed by atoms with van der Waals surface area (Å²) in [5.41, 5.74) is 5.35. The van der Waals surface area contributed by atoms with Crippen molar-refractivity contribution in [1.29, 1.82) is 0 Å². The van der Waals surface area contributed by atoms with E-state index in [-0.39, 0.29) is 11.8 Å². The molecule has 0 aliphatic carbocycles. The van der Waals surface area contributed by atoms with Crippen LogP contribution in [0, 0.1) is 0 Å². The number of rotatable bonds is 6. The smallest absolute Gasteiger partial charge is 0.161 e. The minimum atomic E-state index is -0.811. The topological polar surface area (TPSA) is 73.9 Å². The summed E-state index contributed by atoms with van der Waals surface area (Å²) in [6.45, 7) is 13.4. The molecule has 5 nitrogen and oxygen atoms in total. The first-order valence-electron chi connectivity index (χ1n) is 5.95. The normalized spacial score (nSPS) is 16.8. The van der Waals surface area contributed by atoms with Gasteiger partial charge >= 0.3 is 0 Å². The first-order valence-corrected chi connectivity index (χ1v) is 5.95. The van der Waals surface area contributed by atoms with Crippen LogP contribution < -0.4 is 5.73 Å². The van der Waals surface area contributed by atoms with Crippen molar-refractivity contribution in [3.8, 4) is 0 Å². The summed E-state index contributed by atoms with van der Waals surface area (Å²) >= 11 is 0. The van der Waals surface area contributed by atoms with Crippen LogP contribution in [0.5, 0.6) is 0 Å². The molecule has 0 bridgehead atoms. The van der Waals surface area contributed by atoms with E-state index in [2.05, 4.69) is 0 Å². The quantitative estimate of drug-likeness (QED) is 0.704. The van der Waals surface area contributed by atoms with Crippen molar-refractivity contribution in [2.24, 2.45) is 5.73 Å². The van der Waals surface area contributed by atoms with Crippen LogP contribution in [-0.2, 0) is 14.2 Å². The lowest BCUT2D eigenvalue weighted by molar-refractivity contribution is -0.269. The molecule has 0 aromatic heterocycles. The number of hydrogen-bond donors (Lipinski definition) is 2. The zero-order valence-electron chi connectivity index (χ0n) is 12.2. The van der Waals surface area contributed by atoms with E-state index < -0.39 is 12.6 Å². The monoisotopic (exact) mass is 251 g/mol. The van der Waals surface area contributed by atoms with Gasteiger partial charge in [0.2, 0.25) is 0 Å². The highest BCUT2D eigenvalue weighted by Gasteiger charge is 2.10. The summed E-state index contributed by atoms with van der Waals surface area (Å²) in [5.74, 6) is 0. The molecule has 0 aromatic rings. The van der Waals surface area contributed by atoms with Gasteiger partial charge in [0.05, 0.1) is 0 Å². The van der Waals surface area contributed by atoms with Gasteiger partial charge in [-0.1, -0.05) is 0 Å². The van der Waals surface area contributed by atoms with E-state index in [0.717, 1.165) is 0 Å². The van der Waals surface area contributed by atoms with Gasteiger partial charge in [-0.3, -0.25) is 0 Å². The Morgan fingerprint density at radius 2 is 1.47 bits per heavy atom. The van der Waals surface area contributed by atoms with E-state index in [0.29, 0.717) is 6.61 Å². The molecule has 0 rings (SSSR count). The van der Waals surface area contributed by atoms with Crippen LogP contribution in [-0.4, -0.2) is 36.1 Å². The number of nitrogens with two attached hydrogens (primary N) is 1. The fourth-order valence-electron chi connectivity index (χ4n) is 0.853. The van der Waals surface area contributed by atoms with Crippen molar-refractivity contribution in [3.05, 3.63) is 0 Å². The van der Waals surface area contributed by atoms with Gasteiger partial charge in [0.25, 0.3) is 0 Å². The van der Waals surface area contributed by atoms with Gasteiger partial charge in [0.1, 0.15) is 0 Å². The molecule has 0 saturated carbocycles. The van der Waals surface area contributed by atoms with Crippen molar-refractivity contribution in [2.75, 3.05) is 6.61 Å². The molecule has 0 aliphatic heterocycles. The third-order valence-corrected chi connectivity index (χ3v) is 1.17. The molecule has 0 fully saturated rings. The molecule has 17 heavy (non-hydrogen) atoms. The Morgan fingerprint density at radius 3 is 1.76 bits per heavy atom. The third kappa shape index (κ3) is 25.8. The summed E-state index contributed by atoms with van der Waals surface area (Å²) in [5, 5.41) is 8.82. The van der Waals surface area contributed by atoms with E-state index in [4.69, 9.17) is 25.1 Å². The molecule has 3 N–H and O–H groups in total. The lowest BCUT2D eigenvalue weighted by atomic mass is 10.1.